The Morgan fingerprint density at radius 1 is 1.71 bits per heavy atom. The normalized spacial score (nSPS) is 11.9. The molecule has 1 aromatic heterocycles. The van der Waals surface area contributed by atoms with Crippen molar-refractivity contribution in [2.45, 2.75) is 18.7 Å². The summed E-state index contributed by atoms with van der Waals surface area (Å²) in [5.74, 6) is 0.585. The molecule has 0 N–H and O–H groups in total. The highest BCUT2D eigenvalue weighted by Crippen LogP contribution is 2.32. The molecule has 3 nitrogen and oxygen atoms in total. The SMILES string of the molecule is CCOc1c(C(C)Br)ccnc1C#N. The van der Waals surface area contributed by atoms with Crippen molar-refractivity contribution in [3.63, 3.8) is 0 Å². The second-order valence-corrected chi connectivity index (χ2v) is 4.11. The van der Waals surface area contributed by atoms with Gasteiger partial charge in [-0.05, 0) is 19.9 Å². The number of pyridine rings is 1. The lowest BCUT2D eigenvalue weighted by Crippen LogP contribution is -2.01. The van der Waals surface area contributed by atoms with Crippen molar-refractivity contribution < 1.29 is 4.74 Å². The monoisotopic (exact) mass is 254 g/mol. The van der Waals surface area contributed by atoms with Gasteiger partial charge in [0, 0.05) is 16.6 Å². The summed E-state index contributed by atoms with van der Waals surface area (Å²) in [5.41, 5.74) is 1.30. The summed E-state index contributed by atoms with van der Waals surface area (Å²) in [7, 11) is 0. The Morgan fingerprint density at radius 2 is 2.43 bits per heavy atom. The molecule has 4 heteroatoms. The van der Waals surface area contributed by atoms with E-state index in [-0.39, 0.29) is 4.83 Å². The average Bonchev–Trinajstić information content (AvgIpc) is 2.18. The highest BCUT2D eigenvalue weighted by atomic mass is 79.9. The summed E-state index contributed by atoms with van der Waals surface area (Å²) in [6.07, 6.45) is 1.62. The van der Waals surface area contributed by atoms with Gasteiger partial charge in [0.25, 0.3) is 0 Å². The molecule has 1 aromatic rings. The van der Waals surface area contributed by atoms with Crippen molar-refractivity contribution in [2.24, 2.45) is 0 Å². The second-order valence-electron chi connectivity index (χ2n) is 2.74. The molecule has 0 spiro atoms. The van der Waals surface area contributed by atoms with Crippen molar-refractivity contribution in [1.82, 2.24) is 4.98 Å². The third kappa shape index (κ3) is 2.24. The Labute approximate surface area is 91.8 Å². The number of nitriles is 1. The summed E-state index contributed by atoms with van der Waals surface area (Å²) in [6.45, 7) is 4.41. The van der Waals surface area contributed by atoms with E-state index in [0.717, 1.165) is 5.56 Å². The predicted octanol–water partition coefficient (Wildman–Crippen LogP) is 2.81. The molecule has 0 saturated heterocycles. The van der Waals surface area contributed by atoms with Crippen LogP contribution < -0.4 is 4.74 Å². The van der Waals surface area contributed by atoms with Crippen LogP contribution in [0.2, 0.25) is 0 Å². The van der Waals surface area contributed by atoms with Gasteiger partial charge in [0.2, 0.25) is 0 Å². The Hall–Kier alpha value is -1.08. The van der Waals surface area contributed by atoms with Gasteiger partial charge in [-0.25, -0.2) is 4.98 Å². The zero-order valence-corrected chi connectivity index (χ0v) is 9.71. The quantitative estimate of drug-likeness (QED) is 0.780. The Morgan fingerprint density at radius 3 is 2.93 bits per heavy atom. The standard InChI is InChI=1S/C10H11BrN2O/c1-3-14-10-8(7(2)11)4-5-13-9(10)6-12/h4-5,7H,3H2,1-2H3. The number of ether oxygens (including phenoxy) is 1. The van der Waals surface area contributed by atoms with E-state index in [1.165, 1.54) is 0 Å². The van der Waals surface area contributed by atoms with Crippen molar-refractivity contribution in [3.05, 3.63) is 23.5 Å². The van der Waals surface area contributed by atoms with Gasteiger partial charge < -0.3 is 4.74 Å². The van der Waals surface area contributed by atoms with E-state index in [0.29, 0.717) is 18.1 Å². The number of rotatable bonds is 3. The molecule has 0 aliphatic heterocycles. The minimum absolute atomic E-state index is 0.152. The minimum Gasteiger partial charge on any atom is -0.490 e. The predicted molar refractivity (Wildman–Crippen MR) is 57.5 cm³/mol. The van der Waals surface area contributed by atoms with Gasteiger partial charge in [-0.3, -0.25) is 0 Å². The number of alkyl halides is 1. The number of nitrogens with zero attached hydrogens (tertiary/aromatic N) is 2. The van der Waals surface area contributed by atoms with Crippen LogP contribution in [0.5, 0.6) is 5.75 Å². The fourth-order valence-electron chi connectivity index (χ4n) is 1.15. The maximum Gasteiger partial charge on any atom is 0.182 e. The zero-order valence-electron chi connectivity index (χ0n) is 8.12. The molecule has 0 aliphatic rings. The van der Waals surface area contributed by atoms with Crippen LogP contribution in [0.3, 0.4) is 0 Å². The van der Waals surface area contributed by atoms with Crippen LogP contribution in [-0.2, 0) is 0 Å². The molecule has 1 atom stereocenters. The lowest BCUT2D eigenvalue weighted by molar-refractivity contribution is 0.334. The van der Waals surface area contributed by atoms with E-state index in [2.05, 4.69) is 20.9 Å². The molecule has 1 unspecified atom stereocenters. The summed E-state index contributed by atoms with van der Waals surface area (Å²) < 4.78 is 5.41. The zero-order chi connectivity index (χ0) is 10.6. The van der Waals surface area contributed by atoms with E-state index in [1.807, 2.05) is 26.0 Å². The highest BCUT2D eigenvalue weighted by molar-refractivity contribution is 9.09. The third-order valence-electron chi connectivity index (χ3n) is 1.76. The van der Waals surface area contributed by atoms with Gasteiger partial charge in [0.05, 0.1) is 6.61 Å². The molecule has 0 saturated carbocycles. The number of hydrogen-bond donors (Lipinski definition) is 0. The first-order valence-corrected chi connectivity index (χ1v) is 5.28. The first-order chi connectivity index (χ1) is 6.70. The van der Waals surface area contributed by atoms with Gasteiger partial charge in [-0.1, -0.05) is 15.9 Å². The van der Waals surface area contributed by atoms with Crippen molar-refractivity contribution in [3.8, 4) is 11.8 Å². The van der Waals surface area contributed by atoms with E-state index in [9.17, 15) is 0 Å². The van der Waals surface area contributed by atoms with Gasteiger partial charge in [-0.2, -0.15) is 5.26 Å². The Kier molecular flexibility index (Phi) is 3.90. The third-order valence-corrected chi connectivity index (χ3v) is 2.25. The number of halogens is 1. The van der Waals surface area contributed by atoms with Crippen LogP contribution in [0, 0.1) is 11.3 Å². The summed E-state index contributed by atoms with van der Waals surface area (Å²) in [6, 6.07) is 3.87. The average molecular weight is 255 g/mol. The highest BCUT2D eigenvalue weighted by Gasteiger charge is 2.13. The van der Waals surface area contributed by atoms with E-state index >= 15 is 0 Å². The first kappa shape index (κ1) is 11.0. The van der Waals surface area contributed by atoms with Crippen LogP contribution in [0.4, 0.5) is 0 Å². The maximum atomic E-state index is 8.84. The number of hydrogen-bond acceptors (Lipinski definition) is 3. The van der Waals surface area contributed by atoms with Crippen LogP contribution in [0.15, 0.2) is 12.3 Å². The molecular formula is C10H11BrN2O. The summed E-state index contributed by atoms with van der Waals surface area (Å²) >= 11 is 3.45. The molecule has 14 heavy (non-hydrogen) atoms. The van der Waals surface area contributed by atoms with Crippen LogP contribution in [0.25, 0.3) is 0 Å². The van der Waals surface area contributed by atoms with Gasteiger partial charge >= 0.3 is 0 Å². The topological polar surface area (TPSA) is 45.9 Å². The van der Waals surface area contributed by atoms with Crippen molar-refractivity contribution >= 4 is 15.9 Å². The Bertz CT molecular complexity index is 358. The largest absolute Gasteiger partial charge is 0.490 e. The molecule has 0 aromatic carbocycles. The molecule has 0 radical (unpaired) electrons. The molecule has 74 valence electrons. The summed E-state index contributed by atoms with van der Waals surface area (Å²) in [5, 5.41) is 8.84. The first-order valence-electron chi connectivity index (χ1n) is 4.36. The Balaban J connectivity index is 3.22. The van der Waals surface area contributed by atoms with E-state index in [1.54, 1.807) is 6.20 Å². The van der Waals surface area contributed by atoms with Crippen LogP contribution in [0.1, 0.15) is 29.9 Å². The minimum atomic E-state index is 0.152. The van der Waals surface area contributed by atoms with Gasteiger partial charge in [0.1, 0.15) is 6.07 Å². The van der Waals surface area contributed by atoms with Crippen LogP contribution >= 0.6 is 15.9 Å². The molecule has 0 aliphatic carbocycles. The lowest BCUT2D eigenvalue weighted by atomic mass is 10.1. The number of aromatic nitrogens is 1. The molecule has 0 bridgehead atoms. The van der Waals surface area contributed by atoms with Gasteiger partial charge in [0.15, 0.2) is 11.4 Å². The molecule has 0 amide bonds. The smallest absolute Gasteiger partial charge is 0.182 e. The fourth-order valence-corrected chi connectivity index (χ4v) is 1.51. The van der Waals surface area contributed by atoms with E-state index < -0.39 is 0 Å². The fraction of sp³-hybridized carbons (Fsp3) is 0.400. The second kappa shape index (κ2) is 4.97. The molecule has 1 heterocycles. The van der Waals surface area contributed by atoms with Crippen LogP contribution in [-0.4, -0.2) is 11.6 Å². The molecular weight excluding hydrogens is 244 g/mol. The lowest BCUT2D eigenvalue weighted by Gasteiger charge is -2.12. The van der Waals surface area contributed by atoms with Crippen molar-refractivity contribution in [2.75, 3.05) is 6.61 Å². The molecule has 0 fully saturated rings. The van der Waals surface area contributed by atoms with E-state index in [4.69, 9.17) is 10.00 Å². The summed E-state index contributed by atoms with van der Waals surface area (Å²) in [4.78, 5) is 4.10. The van der Waals surface area contributed by atoms with Gasteiger partial charge in [-0.15, -0.1) is 0 Å². The maximum absolute atomic E-state index is 8.84. The van der Waals surface area contributed by atoms with Crippen molar-refractivity contribution in [1.29, 1.82) is 5.26 Å². The molecule has 1 rings (SSSR count).